The highest BCUT2D eigenvalue weighted by atomic mass is 35.5. The number of piperazine rings is 1. The van der Waals surface area contributed by atoms with Gasteiger partial charge in [0.15, 0.2) is 11.0 Å². The van der Waals surface area contributed by atoms with Gasteiger partial charge < -0.3 is 9.80 Å². The van der Waals surface area contributed by atoms with Gasteiger partial charge in [0, 0.05) is 43.5 Å². The molecule has 10 nitrogen and oxygen atoms in total. The zero-order valence-electron chi connectivity index (χ0n) is 20.8. The minimum atomic E-state index is -0.559. The molecule has 1 saturated heterocycles. The summed E-state index contributed by atoms with van der Waals surface area (Å²) in [5.74, 6) is 0.509. The molecular weight excluding hydrogens is 560 g/mol. The molecule has 200 valence electrons. The Morgan fingerprint density at radius 3 is 2.59 bits per heavy atom. The summed E-state index contributed by atoms with van der Waals surface area (Å²) < 4.78 is 1.96. The number of benzene rings is 2. The first-order chi connectivity index (χ1) is 18.8. The molecule has 1 fully saturated rings. The molecule has 1 aliphatic rings. The van der Waals surface area contributed by atoms with E-state index in [4.69, 9.17) is 11.6 Å². The molecule has 39 heavy (non-hydrogen) atoms. The van der Waals surface area contributed by atoms with E-state index in [2.05, 4.69) is 10.2 Å². The fourth-order valence-electron chi connectivity index (χ4n) is 4.39. The fraction of sp³-hybridized carbons (Fsp3) is 0.231. The van der Waals surface area contributed by atoms with Crippen molar-refractivity contribution in [2.24, 2.45) is 0 Å². The normalized spacial score (nSPS) is 15.4. The Morgan fingerprint density at radius 2 is 1.92 bits per heavy atom. The topological polar surface area (TPSA) is 114 Å². The van der Waals surface area contributed by atoms with E-state index >= 15 is 0 Å². The molecule has 1 unspecified atom stereocenters. The minimum Gasteiger partial charge on any atom is -0.338 e. The molecule has 2 amide bonds. The van der Waals surface area contributed by atoms with Crippen LogP contribution < -0.4 is 0 Å². The van der Waals surface area contributed by atoms with Gasteiger partial charge in [-0.15, -0.1) is 21.5 Å². The van der Waals surface area contributed by atoms with E-state index in [-0.39, 0.29) is 39.9 Å². The van der Waals surface area contributed by atoms with Crippen molar-refractivity contribution in [2.45, 2.75) is 18.1 Å². The summed E-state index contributed by atoms with van der Waals surface area (Å²) in [7, 11) is 0. The summed E-state index contributed by atoms with van der Waals surface area (Å²) in [5, 5.41) is 22.4. The molecule has 1 atom stereocenters. The average Bonchev–Trinajstić information content (AvgIpc) is 3.62. The molecule has 4 aromatic rings. The molecular formula is C26H23ClN6O4S2. The average molecular weight is 583 g/mol. The first-order valence-electron chi connectivity index (χ1n) is 12.0. The molecule has 2 aromatic heterocycles. The van der Waals surface area contributed by atoms with Gasteiger partial charge in [0.1, 0.15) is 0 Å². The van der Waals surface area contributed by atoms with Gasteiger partial charge >= 0.3 is 0 Å². The monoisotopic (exact) mass is 582 g/mol. The van der Waals surface area contributed by atoms with Crippen molar-refractivity contribution in [1.82, 2.24) is 24.6 Å². The molecule has 0 aliphatic carbocycles. The summed E-state index contributed by atoms with van der Waals surface area (Å²) in [5.41, 5.74) is 0.931. The summed E-state index contributed by atoms with van der Waals surface area (Å²) in [6, 6.07) is 17.3. The van der Waals surface area contributed by atoms with Crippen molar-refractivity contribution >= 4 is 52.2 Å². The number of amides is 2. The van der Waals surface area contributed by atoms with Crippen LogP contribution in [0, 0.1) is 10.1 Å². The number of nitro groups is 1. The van der Waals surface area contributed by atoms with Crippen molar-refractivity contribution < 1.29 is 14.5 Å². The number of thiophene rings is 1. The van der Waals surface area contributed by atoms with Crippen LogP contribution in [0.2, 0.25) is 5.02 Å². The summed E-state index contributed by atoms with van der Waals surface area (Å²) in [6.07, 6.45) is 0. The highest BCUT2D eigenvalue weighted by Gasteiger charge is 2.32. The Hall–Kier alpha value is -3.74. The standard InChI is InChI=1S/C26H23ClN6O4S2/c1-17-15-30(11-12-31(17)25(35)20-10-9-19(33(36)37)14-21(20)27)23(34)16-39-26-29-28-24(22-8-5-13-38-22)32(26)18-6-3-2-4-7-18/h2-10,13-14,17H,11-12,15-16H2,1H3. The molecule has 0 spiro atoms. The SMILES string of the molecule is CC1CN(C(=O)CSc2nnc(-c3cccs3)n2-c2ccccc2)CCN1C(=O)c1ccc([N+](=O)[O-])cc1Cl. The first-order valence-corrected chi connectivity index (χ1v) is 14.3. The zero-order valence-corrected chi connectivity index (χ0v) is 23.2. The number of nitro benzene ring substituents is 1. The minimum absolute atomic E-state index is 0.0285. The smallest absolute Gasteiger partial charge is 0.270 e. The molecule has 13 heteroatoms. The highest BCUT2D eigenvalue weighted by Crippen LogP contribution is 2.31. The number of thioether (sulfide) groups is 1. The van der Waals surface area contributed by atoms with E-state index in [0.29, 0.717) is 24.8 Å². The Morgan fingerprint density at radius 1 is 1.13 bits per heavy atom. The van der Waals surface area contributed by atoms with Crippen LogP contribution in [0.15, 0.2) is 71.2 Å². The van der Waals surface area contributed by atoms with Crippen LogP contribution >= 0.6 is 34.7 Å². The Bertz CT molecular complexity index is 1510. The lowest BCUT2D eigenvalue weighted by molar-refractivity contribution is -0.384. The second-order valence-electron chi connectivity index (χ2n) is 8.85. The molecule has 0 N–H and O–H groups in total. The predicted octanol–water partition coefficient (Wildman–Crippen LogP) is 5.02. The van der Waals surface area contributed by atoms with Gasteiger partial charge in [-0.2, -0.15) is 0 Å². The van der Waals surface area contributed by atoms with Crippen LogP contribution in [0.25, 0.3) is 16.4 Å². The second kappa shape index (κ2) is 11.6. The number of carbonyl (C=O) groups excluding carboxylic acids is 2. The van der Waals surface area contributed by atoms with Gasteiger partial charge in [0.05, 0.1) is 26.1 Å². The molecule has 3 heterocycles. The molecule has 5 rings (SSSR count). The molecule has 1 aliphatic heterocycles. The van der Waals surface area contributed by atoms with E-state index in [9.17, 15) is 19.7 Å². The van der Waals surface area contributed by atoms with E-state index < -0.39 is 4.92 Å². The maximum absolute atomic E-state index is 13.2. The third-order valence-electron chi connectivity index (χ3n) is 6.35. The first kappa shape index (κ1) is 26.9. The lowest BCUT2D eigenvalue weighted by atomic mass is 10.1. The number of non-ortho nitro benzene ring substituents is 1. The van der Waals surface area contributed by atoms with Crippen LogP contribution in [-0.2, 0) is 4.79 Å². The number of hydrogen-bond acceptors (Lipinski definition) is 8. The number of carbonyl (C=O) groups is 2. The number of halogens is 1. The van der Waals surface area contributed by atoms with Crippen LogP contribution in [0.5, 0.6) is 0 Å². The van der Waals surface area contributed by atoms with Crippen LogP contribution in [0.3, 0.4) is 0 Å². The summed E-state index contributed by atoms with van der Waals surface area (Å²) in [6.45, 7) is 2.92. The molecule has 2 aromatic carbocycles. The Labute approximate surface area is 237 Å². The van der Waals surface area contributed by atoms with Crippen molar-refractivity contribution in [3.8, 4) is 16.4 Å². The summed E-state index contributed by atoms with van der Waals surface area (Å²) in [4.78, 5) is 41.1. The van der Waals surface area contributed by atoms with Crippen LogP contribution in [0.1, 0.15) is 17.3 Å². The van der Waals surface area contributed by atoms with Gasteiger partial charge in [0.25, 0.3) is 11.6 Å². The van der Waals surface area contributed by atoms with Crippen molar-refractivity contribution in [2.75, 3.05) is 25.4 Å². The number of para-hydroxylation sites is 1. The van der Waals surface area contributed by atoms with Gasteiger partial charge in [-0.05, 0) is 36.6 Å². The van der Waals surface area contributed by atoms with E-state index in [0.717, 1.165) is 16.4 Å². The van der Waals surface area contributed by atoms with Crippen molar-refractivity contribution in [3.63, 3.8) is 0 Å². The number of aromatic nitrogens is 3. The molecule has 0 radical (unpaired) electrons. The van der Waals surface area contributed by atoms with Crippen molar-refractivity contribution in [1.29, 1.82) is 0 Å². The fourth-order valence-corrected chi connectivity index (χ4v) is 6.20. The van der Waals surface area contributed by atoms with Crippen molar-refractivity contribution in [3.05, 3.63) is 86.7 Å². The summed E-state index contributed by atoms with van der Waals surface area (Å²) >= 11 is 9.07. The maximum atomic E-state index is 13.2. The van der Waals surface area contributed by atoms with Gasteiger partial charge in [-0.3, -0.25) is 24.3 Å². The lowest BCUT2D eigenvalue weighted by Gasteiger charge is -2.40. The second-order valence-corrected chi connectivity index (χ2v) is 11.1. The van der Waals surface area contributed by atoms with Gasteiger partial charge in [0.2, 0.25) is 5.91 Å². The third kappa shape index (κ3) is 5.68. The van der Waals surface area contributed by atoms with E-state index in [1.807, 2.05) is 59.3 Å². The van der Waals surface area contributed by atoms with E-state index in [1.165, 1.54) is 30.0 Å². The van der Waals surface area contributed by atoms with Crippen LogP contribution in [-0.4, -0.2) is 72.7 Å². The number of hydrogen-bond donors (Lipinski definition) is 0. The number of nitrogens with zero attached hydrogens (tertiary/aromatic N) is 6. The van der Waals surface area contributed by atoms with Crippen LogP contribution in [0.4, 0.5) is 5.69 Å². The van der Waals surface area contributed by atoms with E-state index in [1.54, 1.807) is 21.1 Å². The molecule has 0 bridgehead atoms. The highest BCUT2D eigenvalue weighted by molar-refractivity contribution is 7.99. The Balaban J connectivity index is 1.25. The lowest BCUT2D eigenvalue weighted by Crippen LogP contribution is -2.55. The quantitative estimate of drug-likeness (QED) is 0.171. The van der Waals surface area contributed by atoms with Gasteiger partial charge in [-0.1, -0.05) is 47.6 Å². The largest absolute Gasteiger partial charge is 0.338 e. The molecule has 0 saturated carbocycles. The maximum Gasteiger partial charge on any atom is 0.270 e. The third-order valence-corrected chi connectivity index (χ3v) is 8.44. The Kier molecular flexibility index (Phi) is 7.96. The van der Waals surface area contributed by atoms with Gasteiger partial charge in [-0.25, -0.2) is 0 Å². The predicted molar refractivity (Wildman–Crippen MR) is 151 cm³/mol. The zero-order chi connectivity index (χ0) is 27.5. The number of rotatable bonds is 7.